The fraction of sp³-hybridized carbons (Fsp3) is 0.105. The molecule has 0 unspecified atom stereocenters. The quantitative estimate of drug-likeness (QED) is 0.623. The van der Waals surface area contributed by atoms with E-state index in [1.807, 2.05) is 0 Å². The fourth-order valence-corrected chi connectivity index (χ4v) is 3.22. The van der Waals surface area contributed by atoms with Gasteiger partial charge >= 0.3 is 11.9 Å². The molecule has 0 spiro atoms. The van der Waals surface area contributed by atoms with Gasteiger partial charge in [-0.2, -0.15) is 10.1 Å². The van der Waals surface area contributed by atoms with Crippen LogP contribution in [0, 0.1) is 0 Å². The Labute approximate surface area is 157 Å². The molecular weight excluding hydrogens is 364 g/mol. The van der Waals surface area contributed by atoms with Crippen molar-refractivity contribution in [3.8, 4) is 22.6 Å². The number of carbonyl (C=O) groups is 2. The molecule has 1 atom stereocenters. The first-order valence-electron chi connectivity index (χ1n) is 8.32. The summed E-state index contributed by atoms with van der Waals surface area (Å²) in [4.78, 5) is 40.4. The number of fused-ring (bicyclic) bond motifs is 3. The summed E-state index contributed by atoms with van der Waals surface area (Å²) in [6, 6.07) is 15.1. The van der Waals surface area contributed by atoms with Crippen LogP contribution < -0.4 is 10.9 Å². The third kappa shape index (κ3) is 2.60. The Balaban J connectivity index is 2.07. The van der Waals surface area contributed by atoms with Gasteiger partial charge in [-0.3, -0.25) is 9.59 Å². The molecule has 2 heterocycles. The van der Waals surface area contributed by atoms with Crippen molar-refractivity contribution in [1.29, 1.82) is 0 Å². The summed E-state index contributed by atoms with van der Waals surface area (Å²) in [6.07, 6.45) is -0.810. The number of hydrogen-bond donors (Lipinski definition) is 3. The van der Waals surface area contributed by atoms with Gasteiger partial charge in [0.15, 0.2) is 11.5 Å². The number of carboxylic acid groups (broad SMARTS) is 2. The normalized spacial score (nSPS) is 17.1. The SMILES string of the molecule is O=C(O)C[C@@]1(C(=O)O)Nc2ccccc2-c2nc(=O)c(-c3ccccc3)nn21. The zero-order valence-electron chi connectivity index (χ0n) is 14.4. The maximum Gasteiger partial charge on any atom is 0.353 e. The molecule has 9 nitrogen and oxygen atoms in total. The topological polar surface area (TPSA) is 134 Å². The average Bonchev–Trinajstić information content (AvgIpc) is 2.67. The number of aromatic nitrogens is 3. The van der Waals surface area contributed by atoms with Crippen molar-refractivity contribution < 1.29 is 19.8 Å². The molecule has 0 saturated carbocycles. The lowest BCUT2D eigenvalue weighted by molar-refractivity contribution is -0.153. The van der Waals surface area contributed by atoms with Gasteiger partial charge in [0.1, 0.15) is 6.42 Å². The zero-order chi connectivity index (χ0) is 19.9. The maximum absolute atomic E-state index is 12.6. The Morgan fingerprint density at radius 1 is 1.04 bits per heavy atom. The highest BCUT2D eigenvalue weighted by Gasteiger charge is 2.48. The summed E-state index contributed by atoms with van der Waals surface area (Å²) in [5.41, 5.74) is -1.59. The van der Waals surface area contributed by atoms with Gasteiger partial charge in [-0.1, -0.05) is 42.5 Å². The van der Waals surface area contributed by atoms with E-state index in [1.54, 1.807) is 54.6 Å². The van der Waals surface area contributed by atoms with E-state index < -0.39 is 29.6 Å². The standard InChI is InChI=1S/C19H14N4O5/c24-14(25)10-19(18(27)28)21-13-9-5-4-8-12(13)16-20-17(26)15(22-23(16)19)11-6-2-1-3-7-11/h1-9,21H,10H2,(H,24,25)(H,27,28)/t19-/m1/s1. The third-order valence-corrected chi connectivity index (χ3v) is 4.49. The number of benzene rings is 2. The van der Waals surface area contributed by atoms with E-state index in [1.165, 1.54) is 0 Å². The van der Waals surface area contributed by atoms with Crippen molar-refractivity contribution >= 4 is 17.6 Å². The van der Waals surface area contributed by atoms with Crippen molar-refractivity contribution in [1.82, 2.24) is 14.8 Å². The van der Waals surface area contributed by atoms with Gasteiger partial charge in [0, 0.05) is 16.8 Å². The summed E-state index contributed by atoms with van der Waals surface area (Å²) in [7, 11) is 0. The van der Waals surface area contributed by atoms with Gasteiger partial charge in [-0.15, -0.1) is 0 Å². The monoisotopic (exact) mass is 378 g/mol. The van der Waals surface area contributed by atoms with Crippen molar-refractivity contribution in [2.75, 3.05) is 5.32 Å². The molecular formula is C19H14N4O5. The molecule has 140 valence electrons. The van der Waals surface area contributed by atoms with Crippen LogP contribution in [0.5, 0.6) is 0 Å². The second-order valence-electron chi connectivity index (χ2n) is 6.27. The lowest BCUT2D eigenvalue weighted by Crippen LogP contribution is -2.54. The smallest absolute Gasteiger partial charge is 0.353 e. The Kier molecular flexibility index (Phi) is 3.92. The number of rotatable bonds is 4. The van der Waals surface area contributed by atoms with Gasteiger partial charge in [0.25, 0.3) is 5.56 Å². The highest BCUT2D eigenvalue weighted by atomic mass is 16.4. The fourth-order valence-electron chi connectivity index (χ4n) is 3.22. The number of nitrogens with zero attached hydrogens (tertiary/aromatic N) is 3. The number of anilines is 1. The summed E-state index contributed by atoms with van der Waals surface area (Å²) in [5.74, 6) is -2.81. The molecule has 0 radical (unpaired) electrons. The van der Waals surface area contributed by atoms with E-state index in [4.69, 9.17) is 0 Å². The molecule has 0 bridgehead atoms. The van der Waals surface area contributed by atoms with Crippen LogP contribution in [0.1, 0.15) is 6.42 Å². The highest BCUT2D eigenvalue weighted by molar-refractivity contribution is 5.90. The number of nitrogens with one attached hydrogen (secondary N) is 1. The molecule has 0 fully saturated rings. The molecule has 1 aromatic heterocycles. The van der Waals surface area contributed by atoms with Crippen LogP contribution in [-0.2, 0) is 15.3 Å². The lowest BCUT2D eigenvalue weighted by atomic mass is 9.99. The van der Waals surface area contributed by atoms with Crippen molar-refractivity contribution in [3.05, 3.63) is 65.0 Å². The first-order valence-corrected chi connectivity index (χ1v) is 8.32. The Bertz CT molecular complexity index is 1160. The molecule has 0 aliphatic carbocycles. The molecule has 1 aliphatic heterocycles. The largest absolute Gasteiger partial charge is 0.481 e. The minimum Gasteiger partial charge on any atom is -0.481 e. The van der Waals surface area contributed by atoms with E-state index in [-0.39, 0.29) is 11.5 Å². The van der Waals surface area contributed by atoms with Gasteiger partial charge in [-0.05, 0) is 12.1 Å². The van der Waals surface area contributed by atoms with Crippen LogP contribution in [-0.4, -0.2) is 36.9 Å². The Hall–Kier alpha value is -4.01. The summed E-state index contributed by atoms with van der Waals surface area (Å²) < 4.78 is 0.982. The Morgan fingerprint density at radius 2 is 1.71 bits per heavy atom. The number of aliphatic carboxylic acids is 2. The third-order valence-electron chi connectivity index (χ3n) is 4.49. The molecule has 3 aromatic rings. The first kappa shape index (κ1) is 17.4. The molecule has 2 aromatic carbocycles. The van der Waals surface area contributed by atoms with Gasteiger partial charge in [0.2, 0.25) is 5.66 Å². The summed E-state index contributed by atoms with van der Waals surface area (Å²) >= 11 is 0. The number of hydrogen-bond acceptors (Lipinski definition) is 6. The van der Waals surface area contributed by atoms with E-state index in [9.17, 15) is 24.6 Å². The molecule has 1 aliphatic rings. The second kappa shape index (κ2) is 6.31. The van der Waals surface area contributed by atoms with E-state index in [0.29, 0.717) is 16.8 Å². The van der Waals surface area contributed by atoms with Crippen molar-refractivity contribution in [2.45, 2.75) is 12.1 Å². The molecule has 0 saturated heterocycles. The zero-order valence-corrected chi connectivity index (χ0v) is 14.4. The minimum absolute atomic E-state index is 0.0114. The van der Waals surface area contributed by atoms with E-state index in [0.717, 1.165) is 4.68 Å². The van der Waals surface area contributed by atoms with E-state index >= 15 is 0 Å². The molecule has 28 heavy (non-hydrogen) atoms. The molecule has 9 heteroatoms. The maximum atomic E-state index is 12.6. The molecule has 3 N–H and O–H groups in total. The molecule has 4 rings (SSSR count). The second-order valence-corrected chi connectivity index (χ2v) is 6.27. The van der Waals surface area contributed by atoms with Crippen LogP contribution in [0.2, 0.25) is 0 Å². The average molecular weight is 378 g/mol. The number of carboxylic acids is 2. The predicted octanol–water partition coefficient (Wildman–Crippen LogP) is 1.61. The summed E-state index contributed by atoms with van der Waals surface area (Å²) in [5, 5.41) is 26.3. The predicted molar refractivity (Wildman–Crippen MR) is 98.6 cm³/mol. The number of para-hydroxylation sites is 1. The first-order chi connectivity index (χ1) is 13.4. The highest BCUT2D eigenvalue weighted by Crippen LogP contribution is 2.38. The van der Waals surface area contributed by atoms with Gasteiger partial charge in [-0.25, -0.2) is 9.48 Å². The Morgan fingerprint density at radius 3 is 2.39 bits per heavy atom. The molecule has 0 amide bonds. The van der Waals surface area contributed by atoms with Crippen LogP contribution in [0.3, 0.4) is 0 Å². The van der Waals surface area contributed by atoms with Gasteiger partial charge < -0.3 is 15.5 Å². The van der Waals surface area contributed by atoms with Crippen LogP contribution in [0.25, 0.3) is 22.6 Å². The minimum atomic E-state index is -2.14. The lowest BCUT2D eigenvalue weighted by Gasteiger charge is -2.37. The van der Waals surface area contributed by atoms with E-state index in [2.05, 4.69) is 15.4 Å². The van der Waals surface area contributed by atoms with Crippen LogP contribution in [0.4, 0.5) is 5.69 Å². The summed E-state index contributed by atoms with van der Waals surface area (Å²) in [6.45, 7) is 0. The van der Waals surface area contributed by atoms with Crippen molar-refractivity contribution in [3.63, 3.8) is 0 Å². The van der Waals surface area contributed by atoms with Crippen LogP contribution >= 0.6 is 0 Å². The van der Waals surface area contributed by atoms with Gasteiger partial charge in [0.05, 0.1) is 0 Å². The van der Waals surface area contributed by atoms with Crippen molar-refractivity contribution in [2.24, 2.45) is 0 Å². The van der Waals surface area contributed by atoms with Crippen LogP contribution in [0.15, 0.2) is 59.4 Å².